The van der Waals surface area contributed by atoms with Gasteiger partial charge in [-0.2, -0.15) is 5.10 Å². The van der Waals surface area contributed by atoms with Crippen LogP contribution in [0.3, 0.4) is 0 Å². The Morgan fingerprint density at radius 3 is 2.48 bits per heavy atom. The van der Waals surface area contributed by atoms with Crippen LogP contribution in [-0.2, 0) is 0 Å². The molecule has 3 rings (SSSR count). The minimum Gasteiger partial charge on any atom is -0.475 e. The number of carboxylic acids is 1. The number of nitrogens with zero attached hydrogens (tertiary/aromatic N) is 1. The van der Waals surface area contributed by atoms with Gasteiger partial charge in [-0.25, -0.2) is 10.2 Å². The number of aromatic amines is 1. The lowest BCUT2D eigenvalue weighted by atomic mass is 10.1. The van der Waals surface area contributed by atoms with Crippen LogP contribution in [0.15, 0.2) is 64.2 Å². The number of hydrazone groups is 1. The molecule has 7 nitrogen and oxygen atoms in total. The molecule has 3 N–H and O–H groups in total. The van der Waals surface area contributed by atoms with Gasteiger partial charge in [0.05, 0.1) is 5.71 Å². The Hall–Kier alpha value is -3.61. The second-order valence-corrected chi connectivity index (χ2v) is 5.27. The van der Waals surface area contributed by atoms with Crippen molar-refractivity contribution in [1.29, 1.82) is 0 Å². The predicted molar refractivity (Wildman–Crippen MR) is 91.6 cm³/mol. The number of hydrogen-bond acceptors (Lipinski definition) is 4. The fourth-order valence-corrected chi connectivity index (χ4v) is 2.21. The van der Waals surface area contributed by atoms with Crippen molar-refractivity contribution >= 4 is 17.6 Å². The summed E-state index contributed by atoms with van der Waals surface area (Å²) in [6, 6.07) is 13.6. The van der Waals surface area contributed by atoms with E-state index in [4.69, 9.17) is 9.52 Å². The van der Waals surface area contributed by atoms with Crippen molar-refractivity contribution in [3.8, 4) is 11.3 Å². The quantitative estimate of drug-likeness (QED) is 0.491. The van der Waals surface area contributed by atoms with E-state index < -0.39 is 5.97 Å². The van der Waals surface area contributed by atoms with Crippen LogP contribution < -0.4 is 5.43 Å². The standard InChI is InChI=1S/C18H15N3O4/c1-11(20-21-17(22)14-3-2-10-19-14)12-4-6-13(7-5-12)15-8-9-16(25-15)18(23)24/h2-10,19H,1H3,(H,21,22)(H,23,24)/b20-11-. The molecule has 25 heavy (non-hydrogen) atoms. The summed E-state index contributed by atoms with van der Waals surface area (Å²) in [5.41, 5.74) is 5.11. The lowest BCUT2D eigenvalue weighted by Crippen LogP contribution is -2.19. The zero-order chi connectivity index (χ0) is 17.8. The smallest absolute Gasteiger partial charge is 0.371 e. The fourth-order valence-electron chi connectivity index (χ4n) is 2.21. The van der Waals surface area contributed by atoms with Gasteiger partial charge in [-0.15, -0.1) is 0 Å². The number of aromatic nitrogens is 1. The van der Waals surface area contributed by atoms with E-state index in [1.54, 1.807) is 43.5 Å². The van der Waals surface area contributed by atoms with E-state index in [1.807, 2.05) is 12.1 Å². The maximum absolute atomic E-state index is 11.8. The first kappa shape index (κ1) is 16.3. The molecule has 0 aliphatic heterocycles. The third-order valence-corrected chi connectivity index (χ3v) is 3.57. The van der Waals surface area contributed by atoms with Crippen molar-refractivity contribution in [1.82, 2.24) is 10.4 Å². The molecule has 7 heteroatoms. The van der Waals surface area contributed by atoms with Crippen LogP contribution in [0.25, 0.3) is 11.3 Å². The van der Waals surface area contributed by atoms with Gasteiger partial charge < -0.3 is 14.5 Å². The van der Waals surface area contributed by atoms with E-state index in [0.29, 0.717) is 17.2 Å². The molecule has 1 amide bonds. The highest BCUT2D eigenvalue weighted by Gasteiger charge is 2.10. The SMILES string of the molecule is C/C(=N/NC(=O)c1ccc[nH]1)c1ccc(-c2ccc(C(=O)O)o2)cc1. The average Bonchev–Trinajstić information content (AvgIpc) is 3.31. The first-order chi connectivity index (χ1) is 12.0. The van der Waals surface area contributed by atoms with E-state index in [-0.39, 0.29) is 11.7 Å². The summed E-state index contributed by atoms with van der Waals surface area (Å²) in [4.78, 5) is 25.5. The molecule has 126 valence electrons. The van der Waals surface area contributed by atoms with E-state index in [2.05, 4.69) is 15.5 Å². The van der Waals surface area contributed by atoms with Gasteiger partial charge in [0, 0.05) is 11.8 Å². The average molecular weight is 337 g/mol. The Balaban J connectivity index is 1.71. The Morgan fingerprint density at radius 1 is 1.12 bits per heavy atom. The minimum atomic E-state index is -1.11. The molecule has 0 bridgehead atoms. The summed E-state index contributed by atoms with van der Waals surface area (Å²) in [5.74, 6) is -1.07. The zero-order valence-electron chi connectivity index (χ0n) is 13.3. The highest BCUT2D eigenvalue weighted by molar-refractivity contribution is 6.00. The molecule has 0 aliphatic rings. The van der Waals surface area contributed by atoms with Crippen LogP contribution >= 0.6 is 0 Å². The zero-order valence-corrected chi connectivity index (χ0v) is 13.3. The van der Waals surface area contributed by atoms with E-state index in [1.165, 1.54) is 6.07 Å². The maximum Gasteiger partial charge on any atom is 0.371 e. The topological polar surface area (TPSA) is 108 Å². The highest BCUT2D eigenvalue weighted by atomic mass is 16.4. The van der Waals surface area contributed by atoms with Crippen LogP contribution in [0, 0.1) is 0 Å². The van der Waals surface area contributed by atoms with Gasteiger partial charge in [-0.05, 0) is 36.8 Å². The number of carbonyl (C=O) groups excluding carboxylic acids is 1. The largest absolute Gasteiger partial charge is 0.475 e. The molecule has 0 radical (unpaired) electrons. The van der Waals surface area contributed by atoms with Crippen molar-refractivity contribution in [2.75, 3.05) is 0 Å². The number of aromatic carboxylic acids is 1. The van der Waals surface area contributed by atoms with E-state index in [9.17, 15) is 9.59 Å². The lowest BCUT2D eigenvalue weighted by molar-refractivity contribution is 0.0663. The monoisotopic (exact) mass is 337 g/mol. The van der Waals surface area contributed by atoms with Crippen molar-refractivity contribution in [2.24, 2.45) is 5.10 Å². The molecule has 0 aliphatic carbocycles. The summed E-state index contributed by atoms with van der Waals surface area (Å²) in [7, 11) is 0. The van der Waals surface area contributed by atoms with Crippen LogP contribution in [0.5, 0.6) is 0 Å². The molecule has 0 atom stereocenters. The number of amides is 1. The summed E-state index contributed by atoms with van der Waals surface area (Å²) >= 11 is 0. The first-order valence-electron chi connectivity index (χ1n) is 7.46. The summed E-state index contributed by atoms with van der Waals surface area (Å²) in [6.07, 6.45) is 1.66. The number of benzene rings is 1. The van der Waals surface area contributed by atoms with Crippen LogP contribution in [0.4, 0.5) is 0 Å². The summed E-state index contributed by atoms with van der Waals surface area (Å²) in [5, 5.41) is 13.0. The number of rotatable bonds is 5. The molecule has 0 saturated carbocycles. The lowest BCUT2D eigenvalue weighted by Gasteiger charge is -2.03. The first-order valence-corrected chi connectivity index (χ1v) is 7.46. The molecular weight excluding hydrogens is 322 g/mol. The second-order valence-electron chi connectivity index (χ2n) is 5.27. The number of carbonyl (C=O) groups is 2. The second kappa shape index (κ2) is 6.88. The Labute approximate surface area is 143 Å². The number of nitrogens with one attached hydrogen (secondary N) is 2. The van der Waals surface area contributed by atoms with Crippen LogP contribution in [0.2, 0.25) is 0 Å². The highest BCUT2D eigenvalue weighted by Crippen LogP contribution is 2.22. The molecule has 0 unspecified atom stereocenters. The van der Waals surface area contributed by atoms with Crippen molar-refractivity contribution in [2.45, 2.75) is 6.92 Å². The fraction of sp³-hybridized carbons (Fsp3) is 0.0556. The molecule has 0 fully saturated rings. The normalized spacial score (nSPS) is 11.3. The van der Waals surface area contributed by atoms with Crippen LogP contribution in [0.1, 0.15) is 33.5 Å². The summed E-state index contributed by atoms with van der Waals surface area (Å²) in [6.45, 7) is 1.78. The van der Waals surface area contributed by atoms with Crippen LogP contribution in [-0.4, -0.2) is 27.7 Å². The Bertz CT molecular complexity index is 922. The van der Waals surface area contributed by atoms with Gasteiger partial charge in [0.25, 0.3) is 5.91 Å². The third-order valence-electron chi connectivity index (χ3n) is 3.57. The molecular formula is C18H15N3O4. The molecule has 2 aromatic heterocycles. The van der Waals surface area contributed by atoms with Crippen molar-refractivity contribution in [3.63, 3.8) is 0 Å². The van der Waals surface area contributed by atoms with Gasteiger partial charge >= 0.3 is 5.97 Å². The van der Waals surface area contributed by atoms with E-state index >= 15 is 0 Å². The van der Waals surface area contributed by atoms with Gasteiger partial charge in [0.15, 0.2) is 0 Å². The van der Waals surface area contributed by atoms with Crippen molar-refractivity contribution < 1.29 is 19.1 Å². The van der Waals surface area contributed by atoms with Gasteiger partial charge in [0.1, 0.15) is 11.5 Å². The Morgan fingerprint density at radius 2 is 1.88 bits per heavy atom. The number of hydrogen-bond donors (Lipinski definition) is 3. The molecule has 1 aromatic carbocycles. The number of carboxylic acid groups (broad SMARTS) is 1. The maximum atomic E-state index is 11.8. The third kappa shape index (κ3) is 3.66. The minimum absolute atomic E-state index is 0.108. The number of furan rings is 1. The van der Waals surface area contributed by atoms with E-state index in [0.717, 1.165) is 11.1 Å². The summed E-state index contributed by atoms with van der Waals surface area (Å²) < 4.78 is 5.26. The van der Waals surface area contributed by atoms with Gasteiger partial charge in [-0.1, -0.05) is 24.3 Å². The molecule has 0 spiro atoms. The van der Waals surface area contributed by atoms with Gasteiger partial charge in [0.2, 0.25) is 5.76 Å². The molecule has 2 heterocycles. The molecule has 0 saturated heterocycles. The van der Waals surface area contributed by atoms with Crippen molar-refractivity contribution in [3.05, 3.63) is 71.7 Å². The Kier molecular flexibility index (Phi) is 4.47. The molecule has 3 aromatic rings. The number of H-pyrrole nitrogens is 1. The van der Waals surface area contributed by atoms with Gasteiger partial charge in [-0.3, -0.25) is 4.79 Å². The predicted octanol–water partition coefficient (Wildman–Crippen LogP) is 3.13.